The van der Waals surface area contributed by atoms with Crippen LogP contribution in [-0.2, 0) is 11.3 Å². The van der Waals surface area contributed by atoms with Crippen LogP contribution in [-0.4, -0.2) is 55.8 Å². The predicted octanol–water partition coefficient (Wildman–Crippen LogP) is 2.69. The lowest BCUT2D eigenvalue weighted by atomic mass is 10.0. The van der Waals surface area contributed by atoms with E-state index in [9.17, 15) is 4.39 Å². The molecule has 4 rings (SSSR count). The van der Waals surface area contributed by atoms with Crippen LogP contribution >= 0.6 is 23.7 Å². The number of rotatable bonds is 4. The Kier molecular flexibility index (Phi) is 6.83. The largest absolute Gasteiger partial charge is 0.378 e. The number of aromatic nitrogens is 1. The summed E-state index contributed by atoms with van der Waals surface area (Å²) >= 11 is 1.76. The first-order valence-electron chi connectivity index (χ1n) is 8.77. The summed E-state index contributed by atoms with van der Waals surface area (Å²) in [6, 6.07) is 7.15. The van der Waals surface area contributed by atoms with Crippen molar-refractivity contribution in [3.05, 3.63) is 46.7 Å². The smallest absolute Gasteiger partial charge is 0.185 e. The number of morpholine rings is 1. The lowest BCUT2D eigenvalue weighted by Crippen LogP contribution is -2.45. The Morgan fingerprint density at radius 2 is 2.12 bits per heavy atom. The average molecular weight is 399 g/mol. The van der Waals surface area contributed by atoms with Crippen molar-refractivity contribution in [1.82, 2.24) is 15.2 Å². The van der Waals surface area contributed by atoms with Crippen LogP contribution in [0.1, 0.15) is 16.5 Å². The molecule has 1 aromatic carbocycles. The number of nitrogens with zero attached hydrogens (tertiary/aromatic N) is 3. The van der Waals surface area contributed by atoms with Crippen molar-refractivity contribution < 1.29 is 9.13 Å². The predicted molar refractivity (Wildman–Crippen MR) is 105 cm³/mol. The van der Waals surface area contributed by atoms with E-state index in [1.807, 2.05) is 12.3 Å². The Balaban J connectivity index is 0.00000196. The second kappa shape index (κ2) is 9.10. The molecule has 1 atom stereocenters. The maximum Gasteiger partial charge on any atom is 0.185 e. The summed E-state index contributed by atoms with van der Waals surface area (Å²) in [5.74, 6) is -0.171. The third-order valence-corrected chi connectivity index (χ3v) is 5.81. The molecule has 2 fully saturated rings. The van der Waals surface area contributed by atoms with Crippen molar-refractivity contribution >= 4 is 28.9 Å². The van der Waals surface area contributed by atoms with E-state index < -0.39 is 0 Å². The Morgan fingerprint density at radius 3 is 2.92 bits per heavy atom. The summed E-state index contributed by atoms with van der Waals surface area (Å²) in [5.41, 5.74) is 1.03. The maximum absolute atomic E-state index is 13.6. The lowest BCUT2D eigenvalue weighted by Gasteiger charge is -2.36. The Bertz CT molecular complexity index is 710. The summed E-state index contributed by atoms with van der Waals surface area (Å²) in [6.07, 6.45) is 1.99. The molecule has 3 heterocycles. The van der Waals surface area contributed by atoms with Crippen molar-refractivity contribution in [2.24, 2.45) is 0 Å². The molecule has 2 aliphatic heterocycles. The maximum atomic E-state index is 13.6. The highest BCUT2D eigenvalue weighted by Crippen LogP contribution is 2.29. The number of piperazine rings is 1. The fraction of sp³-hybridized carbons (Fsp3) is 0.500. The topological polar surface area (TPSA) is 40.6 Å². The fourth-order valence-corrected chi connectivity index (χ4v) is 4.44. The molecule has 2 aliphatic rings. The second-order valence-electron chi connectivity index (χ2n) is 6.45. The standard InChI is InChI=1S/C18H23FN4OS.ClH/c19-15-3-1-2-14(10-15)17-12-20-4-5-23(17)13-16-11-21-18(25-16)22-6-8-24-9-7-22;/h1-3,10-11,17,20H,4-9,12-13H2;1H. The van der Waals surface area contributed by atoms with Gasteiger partial charge in [-0.25, -0.2) is 9.37 Å². The van der Waals surface area contributed by atoms with Gasteiger partial charge in [0.25, 0.3) is 0 Å². The molecule has 2 saturated heterocycles. The number of benzene rings is 1. The third-order valence-electron chi connectivity index (χ3n) is 4.77. The monoisotopic (exact) mass is 398 g/mol. The summed E-state index contributed by atoms with van der Waals surface area (Å²) in [6.45, 7) is 6.97. The van der Waals surface area contributed by atoms with E-state index in [0.717, 1.165) is 63.2 Å². The molecule has 0 radical (unpaired) electrons. The van der Waals surface area contributed by atoms with Crippen molar-refractivity contribution in [3.63, 3.8) is 0 Å². The minimum atomic E-state index is -0.171. The van der Waals surface area contributed by atoms with Crippen LogP contribution in [0.3, 0.4) is 0 Å². The van der Waals surface area contributed by atoms with Crippen LogP contribution in [0.5, 0.6) is 0 Å². The molecule has 0 amide bonds. The fourth-order valence-electron chi connectivity index (χ4n) is 3.45. The normalized spacial score (nSPS) is 21.4. The molecule has 26 heavy (non-hydrogen) atoms. The first-order valence-corrected chi connectivity index (χ1v) is 9.59. The molecule has 0 bridgehead atoms. The Labute approximate surface area is 163 Å². The van der Waals surface area contributed by atoms with Crippen LogP contribution in [0.15, 0.2) is 30.5 Å². The first kappa shape index (κ1) is 19.5. The van der Waals surface area contributed by atoms with Gasteiger partial charge in [-0.2, -0.15) is 0 Å². The van der Waals surface area contributed by atoms with Crippen LogP contribution in [0.4, 0.5) is 9.52 Å². The van der Waals surface area contributed by atoms with Gasteiger partial charge in [0, 0.05) is 56.4 Å². The number of nitrogens with one attached hydrogen (secondary N) is 1. The third kappa shape index (κ3) is 4.53. The summed E-state index contributed by atoms with van der Waals surface area (Å²) < 4.78 is 19.0. The van der Waals surface area contributed by atoms with Crippen LogP contribution in [0, 0.1) is 5.82 Å². The minimum absolute atomic E-state index is 0. The zero-order chi connectivity index (χ0) is 17.1. The quantitative estimate of drug-likeness (QED) is 0.857. The summed E-state index contributed by atoms with van der Waals surface area (Å²) in [4.78, 5) is 10.6. The van der Waals surface area contributed by atoms with Crippen LogP contribution in [0.2, 0.25) is 0 Å². The molecule has 1 N–H and O–H groups in total. The molecule has 0 saturated carbocycles. The molecule has 5 nitrogen and oxygen atoms in total. The number of hydrogen-bond acceptors (Lipinski definition) is 6. The molecular formula is C18H24ClFN4OS. The Hall–Kier alpha value is -1.25. The average Bonchev–Trinajstić information content (AvgIpc) is 3.11. The number of halogens is 2. The van der Waals surface area contributed by atoms with E-state index in [1.165, 1.54) is 10.9 Å². The van der Waals surface area contributed by atoms with Crippen molar-refractivity contribution in [2.45, 2.75) is 12.6 Å². The van der Waals surface area contributed by atoms with Gasteiger partial charge in [-0.1, -0.05) is 12.1 Å². The van der Waals surface area contributed by atoms with Gasteiger partial charge >= 0.3 is 0 Å². The van der Waals surface area contributed by atoms with Crippen LogP contribution < -0.4 is 10.2 Å². The highest BCUT2D eigenvalue weighted by atomic mass is 35.5. The highest BCUT2D eigenvalue weighted by Gasteiger charge is 2.25. The first-order chi connectivity index (χ1) is 12.3. The van der Waals surface area contributed by atoms with E-state index in [1.54, 1.807) is 23.5 Å². The molecule has 0 spiro atoms. The summed E-state index contributed by atoms with van der Waals surface area (Å²) in [7, 11) is 0. The van der Waals surface area contributed by atoms with Gasteiger partial charge in [-0.3, -0.25) is 4.90 Å². The van der Waals surface area contributed by atoms with Crippen molar-refractivity contribution in [3.8, 4) is 0 Å². The van der Waals surface area contributed by atoms with Gasteiger partial charge in [0.2, 0.25) is 0 Å². The van der Waals surface area contributed by atoms with E-state index in [4.69, 9.17) is 4.74 Å². The van der Waals surface area contributed by atoms with Gasteiger partial charge in [0.15, 0.2) is 5.13 Å². The number of anilines is 1. The molecular weight excluding hydrogens is 375 g/mol. The SMILES string of the molecule is Cl.Fc1cccc(C2CNCCN2Cc2cnc(N3CCOCC3)s2)c1. The van der Waals surface area contributed by atoms with Crippen molar-refractivity contribution in [2.75, 3.05) is 50.8 Å². The molecule has 1 unspecified atom stereocenters. The molecule has 0 aliphatic carbocycles. The molecule has 1 aromatic heterocycles. The zero-order valence-corrected chi connectivity index (χ0v) is 16.2. The van der Waals surface area contributed by atoms with Gasteiger partial charge in [0.1, 0.15) is 5.82 Å². The highest BCUT2D eigenvalue weighted by molar-refractivity contribution is 7.15. The van der Waals surface area contributed by atoms with E-state index in [-0.39, 0.29) is 24.3 Å². The lowest BCUT2D eigenvalue weighted by molar-refractivity contribution is 0.122. The van der Waals surface area contributed by atoms with E-state index in [0.29, 0.717) is 0 Å². The minimum Gasteiger partial charge on any atom is -0.378 e. The second-order valence-corrected chi connectivity index (χ2v) is 7.55. The van der Waals surface area contributed by atoms with Gasteiger partial charge in [-0.15, -0.1) is 23.7 Å². The van der Waals surface area contributed by atoms with Crippen molar-refractivity contribution in [1.29, 1.82) is 0 Å². The number of hydrogen-bond donors (Lipinski definition) is 1. The van der Waals surface area contributed by atoms with Gasteiger partial charge in [0.05, 0.1) is 13.2 Å². The van der Waals surface area contributed by atoms with Gasteiger partial charge in [-0.05, 0) is 17.7 Å². The van der Waals surface area contributed by atoms with Crippen LogP contribution in [0.25, 0.3) is 0 Å². The molecule has 8 heteroatoms. The van der Waals surface area contributed by atoms with Gasteiger partial charge < -0.3 is 15.0 Å². The Morgan fingerprint density at radius 1 is 1.27 bits per heavy atom. The summed E-state index contributed by atoms with van der Waals surface area (Å²) in [5, 5.41) is 4.51. The number of thiazole rings is 1. The van der Waals surface area contributed by atoms with E-state index >= 15 is 0 Å². The zero-order valence-electron chi connectivity index (χ0n) is 14.6. The van der Waals surface area contributed by atoms with E-state index in [2.05, 4.69) is 20.1 Å². The molecule has 142 valence electrons. The number of ether oxygens (including phenoxy) is 1. The molecule has 2 aromatic rings.